The molecule has 1 saturated heterocycles. The summed E-state index contributed by atoms with van der Waals surface area (Å²) in [4.78, 5) is 22.5. The topological polar surface area (TPSA) is 80.9 Å². The third-order valence-corrected chi connectivity index (χ3v) is 6.50. The van der Waals surface area contributed by atoms with Crippen molar-refractivity contribution in [3.63, 3.8) is 0 Å². The van der Waals surface area contributed by atoms with Crippen molar-refractivity contribution in [1.82, 2.24) is 15.0 Å². The third-order valence-electron chi connectivity index (χ3n) is 6.50. The molecule has 0 bridgehead atoms. The van der Waals surface area contributed by atoms with Crippen molar-refractivity contribution in [2.45, 2.75) is 40.2 Å². The van der Waals surface area contributed by atoms with E-state index < -0.39 is 0 Å². The molecule has 2 heterocycles. The van der Waals surface area contributed by atoms with Crippen LogP contribution in [0.25, 0.3) is 11.4 Å². The number of nitrogens with zero attached hydrogens (tertiary/aromatic N) is 4. The van der Waals surface area contributed by atoms with Crippen molar-refractivity contribution in [3.8, 4) is 22.9 Å². The average molecular weight is 493 g/mol. The molecule has 0 radical (unpaired) electrons. The number of anilines is 1. The molecule has 2 aromatic carbocycles. The van der Waals surface area contributed by atoms with E-state index in [4.69, 9.17) is 14.0 Å². The number of benzene rings is 2. The minimum absolute atomic E-state index is 0.0629. The molecule has 0 saturated carbocycles. The van der Waals surface area contributed by atoms with Crippen LogP contribution in [0.5, 0.6) is 11.5 Å². The van der Waals surface area contributed by atoms with Crippen molar-refractivity contribution in [3.05, 3.63) is 53.9 Å². The Morgan fingerprint density at radius 2 is 1.89 bits per heavy atom. The highest BCUT2D eigenvalue weighted by Gasteiger charge is 2.31. The monoisotopic (exact) mass is 492 g/mol. The van der Waals surface area contributed by atoms with Gasteiger partial charge in [-0.15, -0.1) is 0 Å². The highest BCUT2D eigenvalue weighted by Crippen LogP contribution is 2.31. The first-order valence-corrected chi connectivity index (χ1v) is 12.5. The number of rotatable bonds is 9. The summed E-state index contributed by atoms with van der Waals surface area (Å²) in [5.74, 6) is 2.49. The zero-order valence-electron chi connectivity index (χ0n) is 21.9. The summed E-state index contributed by atoms with van der Waals surface area (Å²) in [7, 11) is 3.18. The number of hydrogen-bond acceptors (Lipinski definition) is 7. The lowest BCUT2D eigenvalue weighted by atomic mass is 9.95. The largest absolute Gasteiger partial charge is 0.493 e. The summed E-state index contributed by atoms with van der Waals surface area (Å²) < 4.78 is 16.3. The number of carbonyl (C=O) groups is 1. The molecule has 0 N–H and O–H groups in total. The van der Waals surface area contributed by atoms with Gasteiger partial charge in [0.15, 0.2) is 11.5 Å². The fourth-order valence-electron chi connectivity index (χ4n) is 4.68. The first-order valence-electron chi connectivity index (χ1n) is 12.5. The molecule has 8 heteroatoms. The molecule has 36 heavy (non-hydrogen) atoms. The van der Waals surface area contributed by atoms with Crippen molar-refractivity contribution >= 4 is 11.6 Å². The minimum atomic E-state index is -0.0629. The van der Waals surface area contributed by atoms with Crippen LogP contribution in [-0.2, 0) is 11.3 Å². The van der Waals surface area contributed by atoms with Crippen molar-refractivity contribution < 1.29 is 18.8 Å². The molecule has 3 aromatic rings. The third kappa shape index (κ3) is 5.98. The highest BCUT2D eigenvalue weighted by atomic mass is 16.5. The standard InChI is InChI=1S/C28H36N4O4/c1-19(2)16-32(28(33)22-7-6-14-31(17-22)23-11-8-20(3)9-12-23)18-26-29-27(30-36-26)21-10-13-24(34-4)25(15-21)35-5/h8-13,15,19,22H,6-7,14,16-18H2,1-5H3/t22-/m0/s1. The van der Waals surface area contributed by atoms with Gasteiger partial charge in [-0.05, 0) is 56.0 Å². The molecule has 192 valence electrons. The lowest BCUT2D eigenvalue weighted by Gasteiger charge is -2.36. The molecule has 1 aliphatic heterocycles. The van der Waals surface area contributed by atoms with Gasteiger partial charge in [-0.25, -0.2) is 0 Å². The lowest BCUT2D eigenvalue weighted by Crippen LogP contribution is -2.45. The molecule has 0 unspecified atom stereocenters. The highest BCUT2D eigenvalue weighted by molar-refractivity contribution is 5.80. The number of aryl methyl sites for hydroxylation is 1. The number of aromatic nitrogens is 2. The Hall–Kier alpha value is -3.55. The van der Waals surface area contributed by atoms with E-state index in [0.717, 1.165) is 31.5 Å². The van der Waals surface area contributed by atoms with E-state index >= 15 is 0 Å². The van der Waals surface area contributed by atoms with E-state index in [2.05, 4.69) is 60.1 Å². The molecule has 1 aliphatic rings. The first-order chi connectivity index (χ1) is 17.4. The van der Waals surface area contributed by atoms with Crippen LogP contribution in [0.15, 0.2) is 47.0 Å². The molecular formula is C28H36N4O4. The Morgan fingerprint density at radius 1 is 1.14 bits per heavy atom. The fraction of sp³-hybridized carbons (Fsp3) is 0.464. The minimum Gasteiger partial charge on any atom is -0.493 e. The quantitative estimate of drug-likeness (QED) is 0.417. The van der Waals surface area contributed by atoms with Crippen LogP contribution < -0.4 is 14.4 Å². The van der Waals surface area contributed by atoms with Gasteiger partial charge in [-0.3, -0.25) is 4.79 Å². The van der Waals surface area contributed by atoms with E-state index in [0.29, 0.717) is 42.2 Å². The number of methoxy groups -OCH3 is 2. The SMILES string of the molecule is COc1ccc(-c2noc(CN(CC(C)C)C(=O)[C@H]3CCCN(c4ccc(C)cc4)C3)n2)cc1OC. The van der Waals surface area contributed by atoms with Crippen LogP contribution in [0.3, 0.4) is 0 Å². The number of ether oxygens (including phenoxy) is 2. The molecule has 1 aromatic heterocycles. The summed E-state index contributed by atoms with van der Waals surface area (Å²) in [5, 5.41) is 4.15. The second kappa shape index (κ2) is 11.5. The fourth-order valence-corrected chi connectivity index (χ4v) is 4.68. The number of carbonyl (C=O) groups excluding carboxylic acids is 1. The van der Waals surface area contributed by atoms with Crippen molar-refractivity contribution in [1.29, 1.82) is 0 Å². The first kappa shape index (κ1) is 25.5. The zero-order valence-corrected chi connectivity index (χ0v) is 21.9. The predicted molar refractivity (Wildman–Crippen MR) is 139 cm³/mol. The van der Waals surface area contributed by atoms with Gasteiger partial charge < -0.3 is 23.8 Å². The summed E-state index contributed by atoms with van der Waals surface area (Å²) in [5.41, 5.74) is 3.16. The summed E-state index contributed by atoms with van der Waals surface area (Å²) in [6, 6.07) is 14.0. The normalized spacial score (nSPS) is 15.7. The molecule has 4 rings (SSSR count). The van der Waals surface area contributed by atoms with Crippen LogP contribution in [0.2, 0.25) is 0 Å². The lowest BCUT2D eigenvalue weighted by molar-refractivity contribution is -0.137. The smallest absolute Gasteiger partial charge is 0.246 e. The van der Waals surface area contributed by atoms with Crippen LogP contribution in [-0.4, -0.2) is 54.8 Å². The van der Waals surface area contributed by atoms with Gasteiger partial charge in [-0.1, -0.05) is 36.7 Å². The van der Waals surface area contributed by atoms with Crippen LogP contribution in [0.4, 0.5) is 5.69 Å². The van der Waals surface area contributed by atoms with E-state index in [1.165, 1.54) is 11.3 Å². The summed E-state index contributed by atoms with van der Waals surface area (Å²) in [6.07, 6.45) is 1.88. The zero-order chi connectivity index (χ0) is 25.7. The molecular weight excluding hydrogens is 456 g/mol. The maximum absolute atomic E-state index is 13.7. The average Bonchev–Trinajstić information content (AvgIpc) is 3.36. The van der Waals surface area contributed by atoms with Gasteiger partial charge in [0, 0.05) is 30.9 Å². The Morgan fingerprint density at radius 3 is 2.58 bits per heavy atom. The molecule has 0 aliphatic carbocycles. The maximum atomic E-state index is 13.7. The van der Waals surface area contributed by atoms with Gasteiger partial charge in [-0.2, -0.15) is 4.98 Å². The van der Waals surface area contributed by atoms with Gasteiger partial charge >= 0.3 is 0 Å². The maximum Gasteiger partial charge on any atom is 0.246 e. The van der Waals surface area contributed by atoms with Crippen LogP contribution >= 0.6 is 0 Å². The van der Waals surface area contributed by atoms with E-state index in [1.807, 2.05) is 23.1 Å². The number of hydrogen-bond donors (Lipinski definition) is 0. The number of piperidine rings is 1. The second-order valence-electron chi connectivity index (χ2n) is 9.81. The van der Waals surface area contributed by atoms with Crippen molar-refractivity contribution in [2.24, 2.45) is 11.8 Å². The van der Waals surface area contributed by atoms with Gasteiger partial charge in [0.1, 0.15) is 6.54 Å². The predicted octanol–water partition coefficient (Wildman–Crippen LogP) is 4.96. The Bertz CT molecular complexity index is 1160. The summed E-state index contributed by atoms with van der Waals surface area (Å²) >= 11 is 0. The molecule has 8 nitrogen and oxygen atoms in total. The van der Waals surface area contributed by atoms with Gasteiger partial charge in [0.05, 0.1) is 20.1 Å². The van der Waals surface area contributed by atoms with Gasteiger partial charge in [0.2, 0.25) is 17.6 Å². The Labute approximate surface area is 213 Å². The number of amides is 1. The molecule has 1 atom stereocenters. The Kier molecular flexibility index (Phi) is 8.13. The van der Waals surface area contributed by atoms with Gasteiger partial charge in [0.25, 0.3) is 0 Å². The van der Waals surface area contributed by atoms with E-state index in [1.54, 1.807) is 14.2 Å². The molecule has 0 spiro atoms. The Balaban J connectivity index is 1.48. The van der Waals surface area contributed by atoms with Crippen LogP contribution in [0, 0.1) is 18.8 Å². The van der Waals surface area contributed by atoms with Crippen LogP contribution in [0.1, 0.15) is 38.1 Å². The van der Waals surface area contributed by atoms with Crippen molar-refractivity contribution in [2.75, 3.05) is 38.8 Å². The second-order valence-corrected chi connectivity index (χ2v) is 9.81. The summed E-state index contributed by atoms with van der Waals surface area (Å²) in [6.45, 7) is 8.92. The van der Waals surface area contributed by atoms with E-state index in [-0.39, 0.29) is 11.8 Å². The van der Waals surface area contributed by atoms with E-state index in [9.17, 15) is 4.79 Å². The molecule has 1 amide bonds. The molecule has 1 fully saturated rings.